The fraction of sp³-hybridized carbons (Fsp3) is 0.208. The second-order valence-corrected chi connectivity index (χ2v) is 9.30. The molecular formula is C24H25ClN2O4S. The lowest BCUT2D eigenvalue weighted by Crippen LogP contribution is -2.31. The van der Waals surface area contributed by atoms with Gasteiger partial charge in [0, 0.05) is 24.3 Å². The van der Waals surface area contributed by atoms with Crippen LogP contribution in [0, 0.1) is 0 Å². The van der Waals surface area contributed by atoms with Crippen LogP contribution in [0.25, 0.3) is 0 Å². The molecule has 8 heteroatoms. The first-order valence-electron chi connectivity index (χ1n) is 10.2. The number of sulfonamides is 1. The smallest absolute Gasteiger partial charge is 0.255 e. The molecule has 0 saturated carbocycles. The van der Waals surface area contributed by atoms with Crippen LogP contribution < -0.4 is 10.1 Å². The number of benzene rings is 3. The molecule has 0 fully saturated rings. The summed E-state index contributed by atoms with van der Waals surface area (Å²) in [6.07, 6.45) is 0. The van der Waals surface area contributed by atoms with E-state index in [-0.39, 0.29) is 15.5 Å². The standard InChI is InChI=1S/C24H25ClN2O4S/c1-3-27(4-2)32(29,30)23-16-19(10-15-22(23)25)24(28)26-20-11-13-21(14-12-20)31-17-18-8-6-5-7-9-18/h5-16H,3-4,17H2,1-2H3,(H,26,28). The van der Waals surface area contributed by atoms with Gasteiger partial charge >= 0.3 is 0 Å². The van der Waals surface area contributed by atoms with Gasteiger partial charge in [-0.15, -0.1) is 0 Å². The summed E-state index contributed by atoms with van der Waals surface area (Å²) in [5, 5.41) is 2.85. The summed E-state index contributed by atoms with van der Waals surface area (Å²) in [5.41, 5.74) is 1.82. The first kappa shape index (κ1) is 23.8. The van der Waals surface area contributed by atoms with Gasteiger partial charge in [0.25, 0.3) is 5.91 Å². The third-order valence-corrected chi connectivity index (χ3v) is 7.41. The third kappa shape index (κ3) is 5.68. The topological polar surface area (TPSA) is 75.7 Å². The highest BCUT2D eigenvalue weighted by Crippen LogP contribution is 2.26. The van der Waals surface area contributed by atoms with Crippen LogP contribution in [-0.2, 0) is 16.6 Å². The maximum Gasteiger partial charge on any atom is 0.255 e. The van der Waals surface area contributed by atoms with Crippen molar-refractivity contribution in [2.75, 3.05) is 18.4 Å². The van der Waals surface area contributed by atoms with Gasteiger partial charge in [0.1, 0.15) is 17.3 Å². The van der Waals surface area contributed by atoms with E-state index in [2.05, 4.69) is 5.32 Å². The second-order valence-electron chi connectivity index (χ2n) is 6.99. The highest BCUT2D eigenvalue weighted by molar-refractivity contribution is 7.89. The van der Waals surface area contributed by atoms with Crippen LogP contribution in [0.3, 0.4) is 0 Å². The van der Waals surface area contributed by atoms with Gasteiger partial charge in [0.2, 0.25) is 10.0 Å². The number of nitrogens with one attached hydrogen (secondary N) is 1. The summed E-state index contributed by atoms with van der Waals surface area (Å²) in [5.74, 6) is 0.238. The Hall–Kier alpha value is -2.87. The Labute approximate surface area is 193 Å². The van der Waals surface area contributed by atoms with E-state index >= 15 is 0 Å². The summed E-state index contributed by atoms with van der Waals surface area (Å²) in [4.78, 5) is 12.6. The molecule has 0 aromatic heterocycles. The van der Waals surface area contributed by atoms with Crippen LogP contribution in [0.15, 0.2) is 77.7 Å². The SMILES string of the molecule is CCN(CC)S(=O)(=O)c1cc(C(=O)Nc2ccc(OCc3ccccc3)cc2)ccc1Cl. The first-order valence-corrected chi connectivity index (χ1v) is 12.0. The summed E-state index contributed by atoms with van der Waals surface area (Å²) >= 11 is 6.14. The normalized spacial score (nSPS) is 11.4. The quantitative estimate of drug-likeness (QED) is 0.464. The maximum absolute atomic E-state index is 12.8. The average molecular weight is 473 g/mol. The number of amides is 1. The van der Waals surface area contributed by atoms with Crippen molar-refractivity contribution in [3.8, 4) is 5.75 Å². The summed E-state index contributed by atoms with van der Waals surface area (Å²) in [7, 11) is -3.79. The number of rotatable bonds is 9. The van der Waals surface area contributed by atoms with E-state index in [0.717, 1.165) is 5.56 Å². The number of carbonyl (C=O) groups excluding carboxylic acids is 1. The van der Waals surface area contributed by atoms with Gasteiger partial charge in [-0.3, -0.25) is 4.79 Å². The summed E-state index contributed by atoms with van der Waals surface area (Å²) in [6.45, 7) is 4.56. The first-order chi connectivity index (χ1) is 15.3. The van der Waals surface area contributed by atoms with Gasteiger partial charge < -0.3 is 10.1 Å². The molecule has 0 atom stereocenters. The van der Waals surface area contributed by atoms with Crippen molar-refractivity contribution >= 4 is 33.2 Å². The van der Waals surface area contributed by atoms with Crippen molar-refractivity contribution in [1.29, 1.82) is 0 Å². The Bertz CT molecular complexity index is 1160. The molecule has 168 valence electrons. The van der Waals surface area contributed by atoms with Crippen LogP contribution in [0.5, 0.6) is 5.75 Å². The van der Waals surface area contributed by atoms with E-state index in [0.29, 0.717) is 31.1 Å². The van der Waals surface area contributed by atoms with E-state index in [1.807, 2.05) is 30.3 Å². The van der Waals surface area contributed by atoms with Gasteiger partial charge in [0.15, 0.2) is 0 Å². The Kier molecular flexibility index (Phi) is 7.90. The van der Waals surface area contributed by atoms with Crippen molar-refractivity contribution in [1.82, 2.24) is 4.31 Å². The fourth-order valence-corrected chi connectivity index (χ4v) is 5.08. The molecule has 0 aliphatic carbocycles. The molecule has 0 radical (unpaired) electrons. The van der Waals surface area contributed by atoms with Crippen molar-refractivity contribution in [3.63, 3.8) is 0 Å². The molecule has 0 aliphatic heterocycles. The minimum Gasteiger partial charge on any atom is -0.489 e. The van der Waals surface area contributed by atoms with E-state index in [1.54, 1.807) is 38.1 Å². The van der Waals surface area contributed by atoms with Crippen molar-refractivity contribution in [3.05, 3.63) is 88.9 Å². The fourth-order valence-electron chi connectivity index (χ4n) is 3.12. The highest BCUT2D eigenvalue weighted by atomic mass is 35.5. The van der Waals surface area contributed by atoms with Gasteiger partial charge in [-0.25, -0.2) is 8.42 Å². The Morgan fingerprint density at radius 1 is 0.969 bits per heavy atom. The molecule has 3 aromatic carbocycles. The monoisotopic (exact) mass is 472 g/mol. The number of carbonyl (C=O) groups is 1. The summed E-state index contributed by atoms with van der Waals surface area (Å²) in [6, 6.07) is 21.0. The van der Waals surface area contributed by atoms with E-state index in [9.17, 15) is 13.2 Å². The molecule has 0 unspecified atom stereocenters. The van der Waals surface area contributed by atoms with E-state index < -0.39 is 15.9 Å². The lowest BCUT2D eigenvalue weighted by Gasteiger charge is -2.19. The molecule has 6 nitrogen and oxygen atoms in total. The molecule has 32 heavy (non-hydrogen) atoms. The zero-order valence-corrected chi connectivity index (χ0v) is 19.5. The van der Waals surface area contributed by atoms with Gasteiger partial charge in [-0.1, -0.05) is 55.8 Å². The average Bonchev–Trinajstić information content (AvgIpc) is 2.80. The Balaban J connectivity index is 1.70. The van der Waals surface area contributed by atoms with Crippen LogP contribution in [-0.4, -0.2) is 31.7 Å². The third-order valence-electron chi connectivity index (χ3n) is 4.88. The van der Waals surface area contributed by atoms with Gasteiger partial charge in [-0.2, -0.15) is 4.31 Å². The van der Waals surface area contributed by atoms with Crippen LogP contribution in [0.2, 0.25) is 5.02 Å². The molecule has 0 bridgehead atoms. The van der Waals surface area contributed by atoms with Crippen molar-refractivity contribution in [2.45, 2.75) is 25.3 Å². The van der Waals surface area contributed by atoms with Gasteiger partial charge in [0.05, 0.1) is 5.02 Å². The van der Waals surface area contributed by atoms with E-state index in [1.165, 1.54) is 22.5 Å². The zero-order chi connectivity index (χ0) is 23.1. The molecule has 3 aromatic rings. The van der Waals surface area contributed by atoms with Crippen molar-refractivity contribution in [2.24, 2.45) is 0 Å². The van der Waals surface area contributed by atoms with Crippen LogP contribution >= 0.6 is 11.6 Å². The molecule has 1 N–H and O–H groups in total. The number of anilines is 1. The summed E-state index contributed by atoms with van der Waals surface area (Å²) < 4.78 is 32.7. The second kappa shape index (κ2) is 10.6. The van der Waals surface area contributed by atoms with Crippen molar-refractivity contribution < 1.29 is 17.9 Å². The zero-order valence-electron chi connectivity index (χ0n) is 17.9. The molecular weight excluding hydrogens is 448 g/mol. The molecule has 1 amide bonds. The number of hydrogen-bond donors (Lipinski definition) is 1. The Morgan fingerprint density at radius 3 is 2.25 bits per heavy atom. The highest BCUT2D eigenvalue weighted by Gasteiger charge is 2.25. The minimum atomic E-state index is -3.79. The molecule has 0 spiro atoms. The lowest BCUT2D eigenvalue weighted by atomic mass is 10.2. The molecule has 0 heterocycles. The van der Waals surface area contributed by atoms with Gasteiger partial charge in [-0.05, 0) is 48.0 Å². The predicted octanol–water partition coefficient (Wildman–Crippen LogP) is 5.20. The van der Waals surface area contributed by atoms with E-state index in [4.69, 9.17) is 16.3 Å². The number of halogens is 1. The van der Waals surface area contributed by atoms with Crippen LogP contribution in [0.1, 0.15) is 29.8 Å². The van der Waals surface area contributed by atoms with Crippen LogP contribution in [0.4, 0.5) is 5.69 Å². The number of ether oxygens (including phenoxy) is 1. The maximum atomic E-state index is 12.8. The minimum absolute atomic E-state index is 0.0772. The molecule has 0 aliphatic rings. The number of nitrogens with zero attached hydrogens (tertiary/aromatic N) is 1. The Morgan fingerprint density at radius 2 is 1.62 bits per heavy atom. The molecule has 3 rings (SSSR count). The predicted molar refractivity (Wildman–Crippen MR) is 127 cm³/mol. The number of hydrogen-bond acceptors (Lipinski definition) is 4. The molecule has 0 saturated heterocycles. The largest absolute Gasteiger partial charge is 0.489 e. The lowest BCUT2D eigenvalue weighted by molar-refractivity contribution is 0.102.